The molecule has 7 nitrogen and oxygen atoms in total. The van der Waals surface area contributed by atoms with Crippen molar-refractivity contribution in [3.63, 3.8) is 0 Å². The van der Waals surface area contributed by atoms with Crippen molar-refractivity contribution in [3.8, 4) is 0 Å². The van der Waals surface area contributed by atoms with Gasteiger partial charge in [0.1, 0.15) is 6.10 Å². The number of hydrogen-bond donors (Lipinski definition) is 3. The van der Waals surface area contributed by atoms with Crippen LogP contribution in [0.3, 0.4) is 0 Å². The summed E-state index contributed by atoms with van der Waals surface area (Å²) in [4.78, 5) is 35.2. The van der Waals surface area contributed by atoms with E-state index in [1.807, 2.05) is 12.1 Å². The first-order valence-electron chi connectivity index (χ1n) is 7.74. The summed E-state index contributed by atoms with van der Waals surface area (Å²) >= 11 is 0. The third kappa shape index (κ3) is 2.57. The fraction of sp³-hybridized carbons (Fsp3) is 0.438. The van der Waals surface area contributed by atoms with Gasteiger partial charge in [0.05, 0.1) is 6.42 Å². The van der Waals surface area contributed by atoms with Crippen LogP contribution >= 0.6 is 0 Å². The predicted octanol–water partition coefficient (Wildman–Crippen LogP) is 0.0485. The summed E-state index contributed by atoms with van der Waals surface area (Å²) in [6.45, 7) is 1.60. The Morgan fingerprint density at radius 3 is 2.83 bits per heavy atom. The van der Waals surface area contributed by atoms with Gasteiger partial charge >= 0.3 is 17.8 Å². The van der Waals surface area contributed by atoms with Crippen LogP contribution in [0, 0.1) is 5.92 Å². The van der Waals surface area contributed by atoms with Crippen molar-refractivity contribution in [2.24, 2.45) is 5.92 Å². The molecule has 7 heteroatoms. The lowest BCUT2D eigenvalue weighted by atomic mass is 9.76. The predicted molar refractivity (Wildman–Crippen MR) is 80.2 cm³/mol. The Morgan fingerprint density at radius 2 is 2.00 bits per heavy atom. The maximum absolute atomic E-state index is 12.0. The van der Waals surface area contributed by atoms with Crippen LogP contribution in [-0.2, 0) is 32.2 Å². The van der Waals surface area contributed by atoms with E-state index < -0.39 is 11.8 Å². The zero-order valence-corrected chi connectivity index (χ0v) is 12.4. The number of esters is 1. The van der Waals surface area contributed by atoms with Crippen LogP contribution < -0.4 is 16.0 Å². The van der Waals surface area contributed by atoms with E-state index in [4.69, 9.17) is 4.74 Å². The minimum Gasteiger partial charge on any atom is -0.462 e. The largest absolute Gasteiger partial charge is 0.462 e. The highest BCUT2D eigenvalue weighted by molar-refractivity contribution is 6.39. The summed E-state index contributed by atoms with van der Waals surface area (Å²) in [6.07, 6.45) is 0.801. The molecule has 23 heavy (non-hydrogen) atoms. The Bertz CT molecular complexity index is 703. The van der Waals surface area contributed by atoms with Crippen molar-refractivity contribution >= 4 is 23.5 Å². The summed E-state index contributed by atoms with van der Waals surface area (Å²) in [5.41, 5.74) is 2.95. The van der Waals surface area contributed by atoms with Gasteiger partial charge in [-0.15, -0.1) is 0 Å². The number of hydrogen-bond acceptors (Lipinski definition) is 5. The van der Waals surface area contributed by atoms with Crippen LogP contribution in [-0.4, -0.2) is 29.9 Å². The molecule has 120 valence electrons. The number of benzene rings is 1. The molecule has 2 amide bonds. The second-order valence-electron chi connectivity index (χ2n) is 6.25. The molecule has 1 saturated heterocycles. The molecular formula is C16H17N3O4. The lowest BCUT2D eigenvalue weighted by Crippen LogP contribution is -2.55. The SMILES string of the molecule is O=C1C[C@H]2[C@H](NC(=O)C(=O)Nc3ccc4c(c3)CNC4)C[C@H]2O1. The molecule has 2 aliphatic heterocycles. The monoisotopic (exact) mass is 315 g/mol. The van der Waals surface area contributed by atoms with Crippen molar-refractivity contribution in [1.29, 1.82) is 0 Å². The summed E-state index contributed by atoms with van der Waals surface area (Å²) in [6, 6.07) is 5.46. The van der Waals surface area contributed by atoms with E-state index in [0.29, 0.717) is 18.5 Å². The first-order valence-corrected chi connectivity index (χ1v) is 7.74. The Balaban J connectivity index is 1.34. The topological polar surface area (TPSA) is 96.5 Å². The number of nitrogens with one attached hydrogen (secondary N) is 3. The van der Waals surface area contributed by atoms with Crippen LogP contribution in [0.1, 0.15) is 24.0 Å². The number of anilines is 1. The Morgan fingerprint density at radius 1 is 1.17 bits per heavy atom. The molecule has 4 rings (SSSR count). The molecule has 2 heterocycles. The fourth-order valence-corrected chi connectivity index (χ4v) is 3.44. The minimum atomic E-state index is -0.690. The van der Waals surface area contributed by atoms with Gasteiger partial charge in [0.2, 0.25) is 0 Å². The highest BCUT2D eigenvalue weighted by atomic mass is 16.6. The number of amides is 2. The lowest BCUT2D eigenvalue weighted by Gasteiger charge is -2.37. The van der Waals surface area contributed by atoms with E-state index in [2.05, 4.69) is 16.0 Å². The molecule has 1 aromatic carbocycles. The zero-order valence-electron chi connectivity index (χ0n) is 12.4. The molecule has 3 aliphatic rings. The van der Waals surface area contributed by atoms with E-state index >= 15 is 0 Å². The van der Waals surface area contributed by atoms with Crippen LogP contribution in [0.15, 0.2) is 18.2 Å². The second kappa shape index (κ2) is 5.34. The molecule has 1 aromatic rings. The molecule has 0 unspecified atom stereocenters. The van der Waals surface area contributed by atoms with Crippen LogP contribution in [0.4, 0.5) is 5.69 Å². The molecule has 1 aliphatic carbocycles. The molecule has 0 bridgehead atoms. The van der Waals surface area contributed by atoms with Gasteiger partial charge in [-0.1, -0.05) is 6.07 Å². The Kier molecular flexibility index (Phi) is 3.30. The number of fused-ring (bicyclic) bond motifs is 2. The zero-order chi connectivity index (χ0) is 16.0. The molecule has 3 N–H and O–H groups in total. The molecular weight excluding hydrogens is 298 g/mol. The lowest BCUT2D eigenvalue weighted by molar-refractivity contribution is -0.144. The van der Waals surface area contributed by atoms with Crippen molar-refractivity contribution in [2.75, 3.05) is 5.32 Å². The van der Waals surface area contributed by atoms with Gasteiger partial charge in [-0.3, -0.25) is 14.4 Å². The molecule has 0 aromatic heterocycles. The summed E-state index contributed by atoms with van der Waals surface area (Å²) < 4.78 is 5.07. The van der Waals surface area contributed by atoms with Crippen LogP contribution in [0.25, 0.3) is 0 Å². The van der Waals surface area contributed by atoms with E-state index in [1.54, 1.807) is 6.07 Å². The van der Waals surface area contributed by atoms with Gasteiger partial charge in [0, 0.05) is 37.2 Å². The third-order valence-corrected chi connectivity index (χ3v) is 4.78. The normalized spacial score (nSPS) is 27.5. The standard InChI is InChI=1S/C16H17N3O4/c20-14-4-11-12(5-13(11)23-14)19-16(22)15(21)18-10-2-1-8-6-17-7-9(8)3-10/h1-3,11-13,17H,4-7H2,(H,18,21)(H,19,22)/t11-,12+,13+/m0/s1. The van der Waals surface area contributed by atoms with E-state index in [0.717, 1.165) is 18.7 Å². The van der Waals surface area contributed by atoms with E-state index in [9.17, 15) is 14.4 Å². The Hall–Kier alpha value is -2.41. The summed E-state index contributed by atoms with van der Waals surface area (Å²) in [5.74, 6) is -1.59. The minimum absolute atomic E-state index is 0.00492. The van der Waals surface area contributed by atoms with E-state index in [1.165, 1.54) is 5.56 Å². The number of rotatable bonds is 2. The molecule has 2 fully saturated rings. The maximum atomic E-state index is 12.0. The highest BCUT2D eigenvalue weighted by Crippen LogP contribution is 2.39. The highest BCUT2D eigenvalue weighted by Gasteiger charge is 2.50. The molecule has 1 saturated carbocycles. The van der Waals surface area contributed by atoms with Crippen molar-refractivity contribution < 1.29 is 19.1 Å². The smallest absolute Gasteiger partial charge is 0.313 e. The molecule has 3 atom stereocenters. The first-order chi connectivity index (χ1) is 11.1. The number of ether oxygens (including phenoxy) is 1. The van der Waals surface area contributed by atoms with Gasteiger partial charge < -0.3 is 20.7 Å². The molecule has 0 radical (unpaired) electrons. The van der Waals surface area contributed by atoms with Gasteiger partial charge in [-0.05, 0) is 23.3 Å². The van der Waals surface area contributed by atoms with Crippen molar-refractivity contribution in [3.05, 3.63) is 29.3 Å². The number of carbonyl (C=O) groups excluding carboxylic acids is 3. The van der Waals surface area contributed by atoms with Crippen molar-refractivity contribution in [2.45, 2.75) is 38.1 Å². The van der Waals surface area contributed by atoms with E-state index in [-0.39, 0.29) is 24.0 Å². The van der Waals surface area contributed by atoms with Gasteiger partial charge in [0.15, 0.2) is 0 Å². The first kappa shape index (κ1) is 14.2. The van der Waals surface area contributed by atoms with Gasteiger partial charge in [-0.25, -0.2) is 0 Å². The third-order valence-electron chi connectivity index (χ3n) is 4.78. The average Bonchev–Trinajstić information content (AvgIpc) is 3.09. The number of carbonyl (C=O) groups is 3. The second-order valence-corrected chi connectivity index (χ2v) is 6.25. The average molecular weight is 315 g/mol. The summed E-state index contributed by atoms with van der Waals surface area (Å²) in [5, 5.41) is 8.53. The fourth-order valence-electron chi connectivity index (χ4n) is 3.44. The summed E-state index contributed by atoms with van der Waals surface area (Å²) in [7, 11) is 0. The van der Waals surface area contributed by atoms with Crippen molar-refractivity contribution in [1.82, 2.24) is 10.6 Å². The molecule has 0 spiro atoms. The van der Waals surface area contributed by atoms with Gasteiger partial charge in [-0.2, -0.15) is 0 Å². The maximum Gasteiger partial charge on any atom is 0.313 e. The van der Waals surface area contributed by atoms with Gasteiger partial charge in [0.25, 0.3) is 0 Å². The Labute approximate surface area is 132 Å². The quantitative estimate of drug-likeness (QED) is 0.529. The van der Waals surface area contributed by atoms with Crippen LogP contribution in [0.2, 0.25) is 0 Å². The van der Waals surface area contributed by atoms with Crippen LogP contribution in [0.5, 0.6) is 0 Å².